The third-order valence-corrected chi connectivity index (χ3v) is 6.44. The molecule has 8 nitrogen and oxygen atoms in total. The van der Waals surface area contributed by atoms with Crippen LogP contribution in [0.4, 0.5) is 5.69 Å². The topological polar surface area (TPSA) is 94.2 Å². The predicted octanol–water partition coefficient (Wildman–Crippen LogP) is 3.15. The first-order valence-electron chi connectivity index (χ1n) is 9.64. The van der Waals surface area contributed by atoms with Gasteiger partial charge in [-0.15, -0.1) is 0 Å². The highest BCUT2D eigenvalue weighted by molar-refractivity contribution is 7.92. The van der Waals surface area contributed by atoms with Crippen LogP contribution in [0.2, 0.25) is 5.02 Å². The van der Waals surface area contributed by atoms with E-state index in [0.717, 1.165) is 16.1 Å². The quantitative estimate of drug-likeness (QED) is 0.670. The van der Waals surface area contributed by atoms with Crippen molar-refractivity contribution in [3.05, 3.63) is 47.0 Å². The number of hydrogen-bond acceptors (Lipinski definition) is 6. The number of nitrogens with one attached hydrogen (secondary N) is 1. The number of benzene rings is 2. The Hall–Kier alpha value is -2.65. The Morgan fingerprint density at radius 2 is 1.81 bits per heavy atom. The lowest BCUT2D eigenvalue weighted by molar-refractivity contribution is -0.122. The maximum absolute atomic E-state index is 13.0. The van der Waals surface area contributed by atoms with Crippen LogP contribution < -0.4 is 23.8 Å². The van der Waals surface area contributed by atoms with Crippen LogP contribution in [0.25, 0.3) is 0 Å². The molecule has 0 saturated heterocycles. The molecule has 2 unspecified atom stereocenters. The molecule has 0 aliphatic carbocycles. The Labute approximate surface area is 187 Å². The van der Waals surface area contributed by atoms with Crippen LogP contribution in [0.3, 0.4) is 0 Å². The van der Waals surface area contributed by atoms with Crippen LogP contribution in [-0.4, -0.2) is 46.9 Å². The van der Waals surface area contributed by atoms with Crippen LogP contribution in [0.1, 0.15) is 25.5 Å². The van der Waals surface area contributed by atoms with E-state index in [4.69, 9.17) is 25.8 Å². The van der Waals surface area contributed by atoms with Crippen molar-refractivity contribution in [1.29, 1.82) is 0 Å². The third kappa shape index (κ3) is 5.16. The molecule has 0 spiro atoms. The fraction of sp³-hybridized carbons (Fsp3) is 0.381. The molecular formula is C21H25ClN2O6S. The second-order valence-corrected chi connectivity index (χ2v) is 9.45. The molecule has 0 saturated carbocycles. The number of halogens is 1. The highest BCUT2D eigenvalue weighted by Gasteiger charge is 2.30. The fourth-order valence-corrected chi connectivity index (χ4v) is 4.77. The Morgan fingerprint density at radius 1 is 1.13 bits per heavy atom. The maximum atomic E-state index is 13.0. The molecule has 1 amide bonds. The van der Waals surface area contributed by atoms with Gasteiger partial charge in [-0.25, -0.2) is 8.42 Å². The minimum absolute atomic E-state index is 0.242. The molecule has 10 heteroatoms. The van der Waals surface area contributed by atoms with Crippen LogP contribution in [-0.2, 0) is 14.8 Å². The highest BCUT2D eigenvalue weighted by Crippen LogP contribution is 2.33. The zero-order chi connectivity index (χ0) is 22.8. The normalized spacial score (nSPS) is 15.0. The maximum Gasteiger partial charge on any atom is 0.244 e. The number of amides is 1. The zero-order valence-electron chi connectivity index (χ0n) is 17.7. The van der Waals surface area contributed by atoms with Gasteiger partial charge in [0, 0.05) is 0 Å². The van der Waals surface area contributed by atoms with Gasteiger partial charge in [0.25, 0.3) is 0 Å². The molecule has 0 fully saturated rings. The molecule has 1 aliphatic heterocycles. The van der Waals surface area contributed by atoms with E-state index in [2.05, 4.69) is 5.32 Å². The molecule has 0 bridgehead atoms. The van der Waals surface area contributed by atoms with Gasteiger partial charge in [-0.3, -0.25) is 9.10 Å². The van der Waals surface area contributed by atoms with Gasteiger partial charge in [-0.2, -0.15) is 0 Å². The fourth-order valence-electron chi connectivity index (χ4n) is 3.35. The second kappa shape index (κ2) is 9.23. The van der Waals surface area contributed by atoms with E-state index in [-0.39, 0.29) is 16.8 Å². The number of hydrogen-bond donors (Lipinski definition) is 1. The standard InChI is InChI=1S/C21H25ClN2O6S/c1-13(15-5-7-19-20(11-15)30-10-9-29-19)23-21(25)14(2)24(31(4,26)27)16-6-8-18(28-3)17(22)12-16/h5-8,11-14H,9-10H2,1-4H3,(H,23,25). The number of fused-ring (bicyclic) bond motifs is 1. The summed E-state index contributed by atoms with van der Waals surface area (Å²) in [6.45, 7) is 4.28. The van der Waals surface area contributed by atoms with Crippen LogP contribution in [0, 0.1) is 0 Å². The van der Waals surface area contributed by atoms with E-state index in [1.807, 2.05) is 19.1 Å². The van der Waals surface area contributed by atoms with E-state index in [1.54, 1.807) is 18.2 Å². The Kier molecular flexibility index (Phi) is 6.86. The molecule has 0 radical (unpaired) electrons. The molecule has 0 aromatic heterocycles. The average Bonchev–Trinajstić information content (AvgIpc) is 2.72. The number of anilines is 1. The van der Waals surface area contributed by atoms with Crippen LogP contribution in [0.5, 0.6) is 17.2 Å². The Balaban J connectivity index is 1.81. The summed E-state index contributed by atoms with van der Waals surface area (Å²) in [6.07, 6.45) is 1.04. The number of methoxy groups -OCH3 is 1. The highest BCUT2D eigenvalue weighted by atomic mass is 35.5. The van der Waals surface area contributed by atoms with Crippen molar-refractivity contribution >= 4 is 33.2 Å². The minimum Gasteiger partial charge on any atom is -0.495 e. The van der Waals surface area contributed by atoms with E-state index in [1.165, 1.54) is 20.1 Å². The molecule has 168 valence electrons. The monoisotopic (exact) mass is 468 g/mol. The van der Waals surface area contributed by atoms with E-state index >= 15 is 0 Å². The van der Waals surface area contributed by atoms with Crippen molar-refractivity contribution < 1.29 is 27.4 Å². The van der Waals surface area contributed by atoms with Crippen molar-refractivity contribution in [3.8, 4) is 17.2 Å². The number of ether oxygens (including phenoxy) is 3. The van der Waals surface area contributed by atoms with E-state index in [9.17, 15) is 13.2 Å². The summed E-state index contributed by atoms with van der Waals surface area (Å²) in [4.78, 5) is 13.0. The molecule has 2 aromatic rings. The largest absolute Gasteiger partial charge is 0.495 e. The summed E-state index contributed by atoms with van der Waals surface area (Å²) in [5.74, 6) is 1.22. The summed E-state index contributed by atoms with van der Waals surface area (Å²) >= 11 is 6.16. The van der Waals surface area contributed by atoms with Crippen molar-refractivity contribution in [2.45, 2.75) is 25.9 Å². The number of rotatable bonds is 7. The summed E-state index contributed by atoms with van der Waals surface area (Å²) in [6, 6.07) is 8.58. The number of carbonyl (C=O) groups is 1. The Bertz CT molecular complexity index is 1080. The molecular weight excluding hydrogens is 444 g/mol. The average molecular weight is 469 g/mol. The van der Waals surface area contributed by atoms with Gasteiger partial charge >= 0.3 is 0 Å². The smallest absolute Gasteiger partial charge is 0.244 e. The molecule has 3 rings (SSSR count). The SMILES string of the molecule is COc1ccc(N(C(C)C(=O)NC(C)c2ccc3c(c2)OCCO3)S(C)(=O)=O)cc1Cl. The summed E-state index contributed by atoms with van der Waals surface area (Å²) in [5, 5.41) is 3.10. The van der Waals surface area contributed by atoms with Crippen LogP contribution >= 0.6 is 11.6 Å². The van der Waals surface area contributed by atoms with Gasteiger partial charge < -0.3 is 19.5 Å². The molecule has 2 aromatic carbocycles. The van der Waals surface area contributed by atoms with Crippen molar-refractivity contribution in [1.82, 2.24) is 5.32 Å². The predicted molar refractivity (Wildman–Crippen MR) is 119 cm³/mol. The number of carbonyl (C=O) groups excluding carboxylic acids is 1. The molecule has 1 heterocycles. The lowest BCUT2D eigenvalue weighted by Gasteiger charge is -2.29. The first-order valence-corrected chi connectivity index (χ1v) is 11.9. The van der Waals surface area contributed by atoms with E-state index < -0.39 is 22.0 Å². The summed E-state index contributed by atoms with van der Waals surface area (Å²) in [7, 11) is -2.31. The van der Waals surface area contributed by atoms with E-state index in [0.29, 0.717) is 30.5 Å². The summed E-state index contributed by atoms with van der Waals surface area (Å²) in [5.41, 5.74) is 1.08. The van der Waals surface area contributed by atoms with Gasteiger partial charge in [0.05, 0.1) is 30.1 Å². The van der Waals surface area contributed by atoms with Gasteiger partial charge in [0.1, 0.15) is 25.0 Å². The van der Waals surface area contributed by atoms with Gasteiger partial charge in [0.2, 0.25) is 15.9 Å². The number of sulfonamides is 1. The van der Waals surface area contributed by atoms with Gasteiger partial charge in [-0.1, -0.05) is 17.7 Å². The first kappa shape index (κ1) is 23.0. The van der Waals surface area contributed by atoms with Crippen molar-refractivity contribution in [2.24, 2.45) is 0 Å². The van der Waals surface area contributed by atoms with Gasteiger partial charge in [0.15, 0.2) is 11.5 Å². The zero-order valence-corrected chi connectivity index (χ0v) is 19.3. The van der Waals surface area contributed by atoms with Gasteiger partial charge in [-0.05, 0) is 49.7 Å². The van der Waals surface area contributed by atoms with Crippen molar-refractivity contribution in [3.63, 3.8) is 0 Å². The third-order valence-electron chi connectivity index (χ3n) is 4.90. The molecule has 2 atom stereocenters. The molecule has 1 aliphatic rings. The molecule has 31 heavy (non-hydrogen) atoms. The second-order valence-electron chi connectivity index (χ2n) is 7.19. The first-order chi connectivity index (χ1) is 14.6. The van der Waals surface area contributed by atoms with Crippen molar-refractivity contribution in [2.75, 3.05) is 30.9 Å². The number of nitrogens with zero attached hydrogens (tertiary/aromatic N) is 1. The molecule has 1 N–H and O–H groups in total. The Morgan fingerprint density at radius 3 is 2.42 bits per heavy atom. The minimum atomic E-state index is -3.77. The lowest BCUT2D eigenvalue weighted by Crippen LogP contribution is -2.48. The lowest BCUT2D eigenvalue weighted by atomic mass is 10.1. The summed E-state index contributed by atoms with van der Waals surface area (Å²) < 4.78 is 42.3. The van der Waals surface area contributed by atoms with Crippen LogP contribution in [0.15, 0.2) is 36.4 Å².